The fraction of sp³-hybridized carbons (Fsp3) is 0.597. The van der Waals surface area contributed by atoms with Gasteiger partial charge in [-0.25, -0.2) is 9.78 Å². The van der Waals surface area contributed by atoms with Crippen LogP contribution in [-0.2, 0) is 43.3 Å². The summed E-state index contributed by atoms with van der Waals surface area (Å²) in [6.45, 7) is 16.8. The van der Waals surface area contributed by atoms with Crippen molar-refractivity contribution < 1.29 is 47.2 Å². The van der Waals surface area contributed by atoms with Crippen LogP contribution in [0.3, 0.4) is 0 Å². The fourth-order valence-corrected chi connectivity index (χ4v) is 14.1. The van der Waals surface area contributed by atoms with E-state index in [0.717, 1.165) is 36.0 Å². The molecule has 2 saturated heterocycles. The SMILES string of the molecule is CCCCCCCCCCCCCCCCCC(=O)N(CC[C@H]1[C@@H](OC)[C@H](n2ccc(=O)[nH]c2=O)O[C@@H]1COC(c1ccccc1)(c1ccc(OC)cc1)c1ccc(OC)cc1)C[C@H]1O[C@@H](n2cnc3c(=O)[nH]c(NC(=O)C(C)C)nc32)[C@H](OC)[C@@H]1O[Si](C)(C)C(C)(C)C. The first-order chi connectivity index (χ1) is 45.2. The van der Waals surface area contributed by atoms with E-state index in [9.17, 15) is 19.2 Å². The summed E-state index contributed by atoms with van der Waals surface area (Å²) in [6.07, 6.45) is 15.5. The molecule has 21 nitrogen and oxygen atoms in total. The van der Waals surface area contributed by atoms with Crippen molar-refractivity contribution in [2.24, 2.45) is 11.8 Å². The highest BCUT2D eigenvalue weighted by Gasteiger charge is 2.53. The predicted octanol–water partition coefficient (Wildman–Crippen LogP) is 12.6. The van der Waals surface area contributed by atoms with Gasteiger partial charge in [-0.1, -0.05) is 186 Å². The number of benzene rings is 3. The predicted molar refractivity (Wildman–Crippen MR) is 367 cm³/mol. The summed E-state index contributed by atoms with van der Waals surface area (Å²) in [5.41, 5.74) is -0.412. The highest BCUT2D eigenvalue weighted by molar-refractivity contribution is 6.74. The van der Waals surface area contributed by atoms with Crippen LogP contribution in [0.2, 0.25) is 18.1 Å². The average molecular weight is 1320 g/mol. The molecule has 8 atom stereocenters. The first-order valence-corrected chi connectivity index (χ1v) is 37.0. The minimum atomic E-state index is -2.65. The van der Waals surface area contributed by atoms with E-state index in [1.807, 2.05) is 83.8 Å². The molecule has 8 rings (SSSR count). The van der Waals surface area contributed by atoms with Crippen LogP contribution >= 0.6 is 0 Å². The molecule has 5 heterocycles. The number of unbranched alkanes of at least 4 members (excludes halogenated alkanes) is 14. The van der Waals surface area contributed by atoms with Gasteiger partial charge in [0.25, 0.3) is 11.1 Å². The Morgan fingerprint density at radius 3 is 1.76 bits per heavy atom. The molecule has 2 fully saturated rings. The molecule has 0 radical (unpaired) electrons. The molecule has 3 N–H and O–H groups in total. The lowest BCUT2D eigenvalue weighted by Gasteiger charge is -2.41. The van der Waals surface area contributed by atoms with Crippen LogP contribution in [-0.4, -0.2) is 133 Å². The monoisotopic (exact) mass is 1320 g/mol. The van der Waals surface area contributed by atoms with E-state index in [2.05, 4.69) is 61.1 Å². The fourth-order valence-electron chi connectivity index (χ4n) is 12.8. The van der Waals surface area contributed by atoms with Crippen molar-refractivity contribution in [3.05, 3.63) is 145 Å². The van der Waals surface area contributed by atoms with E-state index in [1.165, 1.54) is 93.8 Å². The summed E-state index contributed by atoms with van der Waals surface area (Å²) in [5, 5.41) is 2.47. The van der Waals surface area contributed by atoms with Gasteiger partial charge in [-0.2, -0.15) is 4.98 Å². The van der Waals surface area contributed by atoms with Crippen LogP contribution in [0.25, 0.3) is 11.2 Å². The number of carbonyl (C=O) groups is 2. The summed E-state index contributed by atoms with van der Waals surface area (Å²) < 4.78 is 56.2. The summed E-state index contributed by atoms with van der Waals surface area (Å²) in [6, 6.07) is 26.7. The first-order valence-electron chi connectivity index (χ1n) is 34.1. The van der Waals surface area contributed by atoms with E-state index in [4.69, 9.17) is 42.6 Å². The third kappa shape index (κ3) is 18.0. The molecule has 0 saturated carbocycles. The standard InChI is InChI=1S/C72H104N8O13Si/c1-13-14-15-16-17-18-19-20-21-22-23-24-25-26-30-33-59(82)78(46-56-62(93-94(11,12)71(4,5)6)63(89-10)68(91-56)80-48-73-60-64(80)75-69(77-66(60)84)76-65(83)49(2)3)44-42-55-57(92-67(61(55)88-9)79-45-43-58(81)74-70(79)85)47-90-72(50-31-28-27-29-32-50,51-34-38-53(86-7)39-35-51)52-36-40-54(87-8)41-37-52/h27-29,31-32,34-41,43,45,48-49,55-57,61-63,67-68H,13-26,30,33,42,44,46-47H2,1-12H3,(H,74,81,85)(H2,75,76,77,83,84)/t55-,56-,57-,61-,62-,63-,67-,68-/m1/s1. The van der Waals surface area contributed by atoms with Gasteiger partial charge in [0.05, 0.1) is 33.3 Å². The number of ether oxygens (including phenoxy) is 7. The van der Waals surface area contributed by atoms with E-state index in [0.29, 0.717) is 24.3 Å². The second-order valence-corrected chi connectivity index (χ2v) is 31.8. The lowest BCUT2D eigenvalue weighted by Crippen LogP contribution is -2.52. The Hall–Kier alpha value is -6.79. The largest absolute Gasteiger partial charge is 0.497 e. The van der Waals surface area contributed by atoms with Crippen LogP contribution in [0.15, 0.2) is 112 Å². The number of methoxy groups -OCH3 is 4. The second kappa shape index (κ2) is 34.2. The molecule has 514 valence electrons. The van der Waals surface area contributed by atoms with Gasteiger partial charge in [-0.3, -0.25) is 43.6 Å². The zero-order valence-electron chi connectivity index (χ0n) is 57.6. The third-order valence-corrected chi connectivity index (χ3v) is 23.8. The van der Waals surface area contributed by atoms with Gasteiger partial charge < -0.3 is 42.5 Å². The van der Waals surface area contributed by atoms with Crippen molar-refractivity contribution in [2.75, 3.05) is 53.5 Å². The molecule has 0 bridgehead atoms. The normalized spacial score (nSPS) is 20.1. The number of nitrogens with zero attached hydrogens (tertiary/aromatic N) is 5. The molecule has 0 aliphatic carbocycles. The van der Waals surface area contributed by atoms with Crippen LogP contribution in [0.5, 0.6) is 11.5 Å². The van der Waals surface area contributed by atoms with Gasteiger partial charge in [0.1, 0.15) is 41.5 Å². The molecule has 22 heteroatoms. The van der Waals surface area contributed by atoms with Crippen LogP contribution in [0.4, 0.5) is 5.95 Å². The molecule has 3 aromatic heterocycles. The van der Waals surface area contributed by atoms with Crippen molar-refractivity contribution in [3.63, 3.8) is 0 Å². The molecular formula is C72H104N8O13Si. The number of hydrogen-bond donors (Lipinski definition) is 3. The Morgan fingerprint density at radius 1 is 0.681 bits per heavy atom. The van der Waals surface area contributed by atoms with Crippen molar-refractivity contribution in [1.82, 2.24) is 34.0 Å². The molecule has 2 aliphatic rings. The number of fused-ring (bicyclic) bond motifs is 1. The number of aromatic amines is 2. The molecule has 6 aromatic rings. The van der Waals surface area contributed by atoms with Crippen LogP contribution < -0.4 is 31.6 Å². The Morgan fingerprint density at radius 2 is 1.22 bits per heavy atom. The molecule has 2 aliphatic heterocycles. The summed E-state index contributed by atoms with van der Waals surface area (Å²) in [7, 11) is 3.75. The number of hydrogen-bond acceptors (Lipinski definition) is 15. The molecule has 0 unspecified atom stereocenters. The van der Waals surface area contributed by atoms with Gasteiger partial charge >= 0.3 is 5.69 Å². The minimum Gasteiger partial charge on any atom is -0.497 e. The Balaban J connectivity index is 1.14. The molecule has 94 heavy (non-hydrogen) atoms. The van der Waals surface area contributed by atoms with Crippen molar-refractivity contribution in [3.8, 4) is 11.5 Å². The van der Waals surface area contributed by atoms with Crippen molar-refractivity contribution in [1.29, 1.82) is 0 Å². The number of rotatable bonds is 37. The minimum absolute atomic E-state index is 0.0352. The number of nitrogens with one attached hydrogen (secondary N) is 3. The molecule has 2 amide bonds. The zero-order chi connectivity index (χ0) is 67.6. The van der Waals surface area contributed by atoms with Gasteiger partial charge in [-0.15, -0.1) is 0 Å². The first kappa shape index (κ1) is 73.0. The van der Waals surface area contributed by atoms with E-state index in [-0.39, 0.29) is 60.1 Å². The molecule has 3 aromatic carbocycles. The second-order valence-electron chi connectivity index (χ2n) is 27.1. The third-order valence-electron chi connectivity index (χ3n) is 19.3. The number of amides is 2. The highest BCUT2D eigenvalue weighted by atomic mass is 28.4. The van der Waals surface area contributed by atoms with Crippen molar-refractivity contribution >= 4 is 37.2 Å². The summed E-state index contributed by atoms with van der Waals surface area (Å²) in [4.78, 5) is 84.5. The number of anilines is 1. The average Bonchev–Trinajstić information content (AvgIpc) is 1.23. The smallest absolute Gasteiger partial charge is 0.330 e. The number of imidazole rings is 1. The maximum absolute atomic E-state index is 15.4. The summed E-state index contributed by atoms with van der Waals surface area (Å²) >= 11 is 0. The molecule has 0 spiro atoms. The summed E-state index contributed by atoms with van der Waals surface area (Å²) in [5.74, 6) is -0.0557. The Bertz CT molecular complexity index is 3470. The van der Waals surface area contributed by atoms with Crippen LogP contribution in [0.1, 0.15) is 180 Å². The number of carbonyl (C=O) groups excluding carboxylic acids is 2. The van der Waals surface area contributed by atoms with E-state index >= 15 is 4.79 Å². The lowest BCUT2D eigenvalue weighted by molar-refractivity contribution is -0.135. The van der Waals surface area contributed by atoms with E-state index < -0.39 is 85.5 Å². The Kier molecular flexibility index (Phi) is 26.6. The van der Waals surface area contributed by atoms with E-state index in [1.54, 1.807) is 46.9 Å². The molecular weight excluding hydrogens is 1210 g/mol. The quantitative estimate of drug-likeness (QED) is 0.0187. The maximum atomic E-state index is 15.4. The number of H-pyrrole nitrogens is 2. The van der Waals surface area contributed by atoms with Gasteiger partial charge in [0.2, 0.25) is 17.8 Å². The van der Waals surface area contributed by atoms with Gasteiger partial charge in [-0.05, 0) is 71.9 Å². The van der Waals surface area contributed by atoms with Crippen LogP contribution in [0, 0.1) is 11.8 Å². The lowest BCUT2D eigenvalue weighted by atomic mass is 9.79. The van der Waals surface area contributed by atoms with Crippen molar-refractivity contribution in [2.45, 2.75) is 217 Å². The maximum Gasteiger partial charge on any atom is 0.330 e. The zero-order valence-corrected chi connectivity index (χ0v) is 58.6. The van der Waals surface area contributed by atoms with Gasteiger partial charge in [0, 0.05) is 57.8 Å². The topological polar surface area (TPSA) is 242 Å². The Labute approximate surface area is 555 Å². The number of aromatic nitrogens is 6. The highest BCUT2D eigenvalue weighted by Crippen LogP contribution is 2.46. The van der Waals surface area contributed by atoms with Gasteiger partial charge in [0.15, 0.2) is 31.9 Å².